The lowest BCUT2D eigenvalue weighted by atomic mass is 10.2. The van der Waals surface area contributed by atoms with Crippen molar-refractivity contribution in [3.05, 3.63) is 34.9 Å². The topological polar surface area (TPSA) is 70.6 Å². The lowest BCUT2D eigenvalue weighted by Crippen LogP contribution is -2.39. The number of nitrogens with one attached hydrogen (secondary N) is 2. The third kappa shape index (κ3) is 5.52. The van der Waals surface area contributed by atoms with Gasteiger partial charge in [-0.05, 0) is 12.0 Å². The van der Waals surface area contributed by atoms with Crippen LogP contribution in [0.4, 0.5) is 0 Å². The number of carbonyl (C=O) groups excluding carboxylic acids is 2. The molecule has 2 N–H and O–H groups in total. The van der Waals surface area contributed by atoms with Crippen molar-refractivity contribution in [1.82, 2.24) is 10.7 Å². The molecule has 102 valence electrons. The minimum absolute atomic E-state index is 0.281. The lowest BCUT2D eigenvalue weighted by molar-refractivity contribution is -0.139. The largest absolute Gasteiger partial charge is 0.348 e. The molecule has 0 heterocycles. The molecule has 0 aliphatic carbocycles. The van der Waals surface area contributed by atoms with E-state index in [9.17, 15) is 9.59 Å². The van der Waals surface area contributed by atoms with Crippen LogP contribution < -0.4 is 10.7 Å². The molecule has 0 aliphatic heterocycles. The predicted octanol–water partition coefficient (Wildman–Crippen LogP) is 1.56. The maximum atomic E-state index is 11.4. The summed E-state index contributed by atoms with van der Waals surface area (Å²) >= 11 is 5.90. The summed E-state index contributed by atoms with van der Waals surface area (Å²) in [6, 6.07) is 7.04. The fraction of sp³-hybridized carbons (Fsp3) is 0.308. The van der Waals surface area contributed by atoms with Gasteiger partial charge < -0.3 is 5.32 Å². The molecule has 0 spiro atoms. The fourth-order valence-electron chi connectivity index (χ4n) is 1.17. The van der Waals surface area contributed by atoms with E-state index in [-0.39, 0.29) is 5.92 Å². The van der Waals surface area contributed by atoms with E-state index in [1.54, 1.807) is 24.3 Å². The Hall–Kier alpha value is -1.88. The molecule has 1 aromatic rings. The quantitative estimate of drug-likeness (QED) is 0.499. The summed E-state index contributed by atoms with van der Waals surface area (Å²) in [5.41, 5.74) is 2.80. The average molecular weight is 282 g/mol. The molecule has 19 heavy (non-hydrogen) atoms. The molecule has 0 aliphatic rings. The number of halogens is 1. The zero-order valence-corrected chi connectivity index (χ0v) is 11.6. The Labute approximate surface area is 117 Å². The second-order valence-electron chi connectivity index (χ2n) is 4.32. The van der Waals surface area contributed by atoms with Gasteiger partial charge in [0.2, 0.25) is 0 Å². The van der Waals surface area contributed by atoms with Crippen LogP contribution in [0, 0.1) is 5.92 Å². The smallest absolute Gasteiger partial charge is 0.329 e. The van der Waals surface area contributed by atoms with E-state index in [0.29, 0.717) is 17.1 Å². The summed E-state index contributed by atoms with van der Waals surface area (Å²) in [7, 11) is 0. The third-order valence-corrected chi connectivity index (χ3v) is 2.50. The first kappa shape index (κ1) is 15.2. The van der Waals surface area contributed by atoms with Crippen molar-refractivity contribution in [2.24, 2.45) is 11.0 Å². The van der Waals surface area contributed by atoms with E-state index >= 15 is 0 Å². The second kappa shape index (κ2) is 7.53. The molecule has 0 atom stereocenters. The normalized spacial score (nSPS) is 10.7. The first-order chi connectivity index (χ1) is 9.00. The fourth-order valence-corrected chi connectivity index (χ4v) is 1.35. The van der Waals surface area contributed by atoms with Gasteiger partial charge >= 0.3 is 11.8 Å². The van der Waals surface area contributed by atoms with Gasteiger partial charge in [-0.2, -0.15) is 5.10 Å². The van der Waals surface area contributed by atoms with Crippen LogP contribution in [0.25, 0.3) is 0 Å². The molecule has 0 saturated heterocycles. The third-order valence-electron chi connectivity index (χ3n) is 2.15. The van der Waals surface area contributed by atoms with Crippen LogP contribution in [0.2, 0.25) is 5.02 Å². The maximum absolute atomic E-state index is 11.4. The first-order valence-corrected chi connectivity index (χ1v) is 6.24. The second-order valence-corrected chi connectivity index (χ2v) is 4.73. The van der Waals surface area contributed by atoms with Gasteiger partial charge in [0.25, 0.3) is 0 Å². The van der Waals surface area contributed by atoms with Gasteiger partial charge in [-0.25, -0.2) is 5.43 Å². The van der Waals surface area contributed by atoms with E-state index < -0.39 is 11.8 Å². The standard InChI is InChI=1S/C13H16ClN3O2/c1-9(2)7-15-12(18)13(19)17-16-8-10-5-3-4-6-11(10)14/h3-6,8-9H,7H2,1-2H3,(H,15,18)(H,17,19)/b16-8+. The predicted molar refractivity (Wildman–Crippen MR) is 75.0 cm³/mol. The van der Waals surface area contributed by atoms with Gasteiger partial charge in [-0.15, -0.1) is 0 Å². The van der Waals surface area contributed by atoms with Crippen molar-refractivity contribution in [2.45, 2.75) is 13.8 Å². The van der Waals surface area contributed by atoms with E-state index in [1.165, 1.54) is 6.21 Å². The van der Waals surface area contributed by atoms with Crippen molar-refractivity contribution in [2.75, 3.05) is 6.54 Å². The Bertz CT molecular complexity index is 487. The van der Waals surface area contributed by atoms with E-state index in [0.717, 1.165) is 0 Å². The monoisotopic (exact) mass is 281 g/mol. The highest BCUT2D eigenvalue weighted by Crippen LogP contribution is 2.11. The molecule has 0 unspecified atom stereocenters. The van der Waals surface area contributed by atoms with Gasteiger partial charge in [0.05, 0.1) is 6.21 Å². The molecule has 2 amide bonds. The van der Waals surface area contributed by atoms with Crippen LogP contribution in [0.5, 0.6) is 0 Å². The number of rotatable bonds is 4. The summed E-state index contributed by atoms with van der Waals surface area (Å²) in [4.78, 5) is 22.7. The molecule has 1 rings (SSSR count). The molecule has 1 aromatic carbocycles. The minimum Gasteiger partial charge on any atom is -0.348 e. The Morgan fingerprint density at radius 3 is 2.63 bits per heavy atom. The van der Waals surface area contributed by atoms with E-state index in [4.69, 9.17) is 11.6 Å². The van der Waals surface area contributed by atoms with E-state index in [2.05, 4.69) is 15.8 Å². The Balaban J connectivity index is 2.46. The average Bonchev–Trinajstić information content (AvgIpc) is 2.38. The summed E-state index contributed by atoms with van der Waals surface area (Å²) < 4.78 is 0. The zero-order valence-electron chi connectivity index (χ0n) is 10.8. The number of hydrogen-bond donors (Lipinski definition) is 2. The molecule has 0 radical (unpaired) electrons. The van der Waals surface area contributed by atoms with Crippen LogP contribution >= 0.6 is 11.6 Å². The first-order valence-electron chi connectivity index (χ1n) is 5.86. The van der Waals surface area contributed by atoms with Crippen LogP contribution in [-0.4, -0.2) is 24.6 Å². The highest BCUT2D eigenvalue weighted by molar-refractivity contribution is 6.35. The molecule has 0 fully saturated rings. The Morgan fingerprint density at radius 2 is 2.00 bits per heavy atom. The van der Waals surface area contributed by atoms with Gasteiger partial charge in [-0.3, -0.25) is 9.59 Å². The summed E-state index contributed by atoms with van der Waals surface area (Å²) in [6.45, 7) is 4.32. The lowest BCUT2D eigenvalue weighted by Gasteiger charge is -2.05. The molecule has 6 heteroatoms. The molecule has 5 nitrogen and oxygen atoms in total. The van der Waals surface area contributed by atoms with Crippen molar-refractivity contribution in [1.29, 1.82) is 0 Å². The van der Waals surface area contributed by atoms with Crippen LogP contribution in [0.15, 0.2) is 29.4 Å². The summed E-state index contributed by atoms with van der Waals surface area (Å²) in [5.74, 6) is -1.22. The molecular formula is C13H16ClN3O2. The number of amides is 2. The van der Waals surface area contributed by atoms with E-state index in [1.807, 2.05) is 13.8 Å². The highest BCUT2D eigenvalue weighted by Gasteiger charge is 2.12. The van der Waals surface area contributed by atoms with Crippen molar-refractivity contribution < 1.29 is 9.59 Å². The van der Waals surface area contributed by atoms with Crippen molar-refractivity contribution >= 4 is 29.6 Å². The van der Waals surface area contributed by atoms with Crippen LogP contribution in [0.1, 0.15) is 19.4 Å². The molecule has 0 bridgehead atoms. The number of carbonyl (C=O) groups is 2. The molecule has 0 saturated carbocycles. The van der Waals surface area contributed by atoms with Crippen molar-refractivity contribution in [3.63, 3.8) is 0 Å². The Morgan fingerprint density at radius 1 is 1.32 bits per heavy atom. The molecule has 0 aromatic heterocycles. The van der Waals surface area contributed by atoms with Gasteiger partial charge in [-0.1, -0.05) is 43.6 Å². The highest BCUT2D eigenvalue weighted by atomic mass is 35.5. The van der Waals surface area contributed by atoms with Crippen molar-refractivity contribution in [3.8, 4) is 0 Å². The van der Waals surface area contributed by atoms with Crippen LogP contribution in [0.3, 0.4) is 0 Å². The SMILES string of the molecule is CC(C)CNC(=O)C(=O)N/N=C/c1ccccc1Cl. The molecular weight excluding hydrogens is 266 g/mol. The number of hydrazone groups is 1. The number of hydrogen-bond acceptors (Lipinski definition) is 3. The van der Waals surface area contributed by atoms with Gasteiger partial charge in [0.15, 0.2) is 0 Å². The maximum Gasteiger partial charge on any atom is 0.329 e. The van der Waals surface area contributed by atoms with Crippen LogP contribution in [-0.2, 0) is 9.59 Å². The minimum atomic E-state index is -0.802. The Kier molecular flexibility index (Phi) is 6.02. The number of benzene rings is 1. The number of nitrogens with zero attached hydrogens (tertiary/aromatic N) is 1. The zero-order chi connectivity index (χ0) is 14.3. The summed E-state index contributed by atoms with van der Waals surface area (Å²) in [6.07, 6.45) is 1.38. The van der Waals surface area contributed by atoms with Gasteiger partial charge in [0.1, 0.15) is 0 Å². The summed E-state index contributed by atoms with van der Waals surface area (Å²) in [5, 5.41) is 6.69. The van der Waals surface area contributed by atoms with Gasteiger partial charge in [0, 0.05) is 17.1 Å².